The van der Waals surface area contributed by atoms with Gasteiger partial charge in [-0.2, -0.15) is 13.2 Å². The van der Waals surface area contributed by atoms with Gasteiger partial charge in [0.2, 0.25) is 0 Å². The van der Waals surface area contributed by atoms with Gasteiger partial charge in [0.1, 0.15) is 18.0 Å². The molecule has 0 spiro atoms. The summed E-state index contributed by atoms with van der Waals surface area (Å²) < 4.78 is 38.5. The minimum Gasteiger partial charge on any atom is -0.367 e. The fourth-order valence-electron chi connectivity index (χ4n) is 1.91. The monoisotopic (exact) mass is 328 g/mol. The van der Waals surface area contributed by atoms with Crippen molar-refractivity contribution in [2.75, 3.05) is 10.6 Å². The Balaban J connectivity index is 1.80. The van der Waals surface area contributed by atoms with E-state index in [0.29, 0.717) is 17.7 Å². The number of nitrogens with zero attached hydrogens (tertiary/aromatic N) is 2. The molecule has 1 saturated carbocycles. The van der Waals surface area contributed by atoms with E-state index in [1.807, 2.05) is 0 Å². The number of anilines is 3. The molecule has 1 aliphatic carbocycles. The van der Waals surface area contributed by atoms with Gasteiger partial charge >= 0.3 is 6.18 Å². The number of hydrogen-bond acceptors (Lipinski definition) is 4. The first kappa shape index (κ1) is 14.9. The van der Waals surface area contributed by atoms with Crippen LogP contribution in [-0.4, -0.2) is 16.0 Å². The maximum Gasteiger partial charge on any atom is 0.417 e. The third kappa shape index (κ3) is 3.59. The minimum absolute atomic E-state index is 0.257. The lowest BCUT2D eigenvalue weighted by Gasteiger charge is -2.12. The van der Waals surface area contributed by atoms with Gasteiger partial charge in [0.25, 0.3) is 0 Å². The first-order valence-electron chi connectivity index (χ1n) is 6.64. The average Bonchev–Trinajstić information content (AvgIpc) is 3.24. The van der Waals surface area contributed by atoms with Crippen LogP contribution in [0.4, 0.5) is 30.5 Å². The molecule has 0 aliphatic heterocycles. The summed E-state index contributed by atoms with van der Waals surface area (Å²) in [5.74, 6) is 1.05. The van der Waals surface area contributed by atoms with Crippen LogP contribution in [0, 0.1) is 0 Å². The zero-order chi connectivity index (χ0) is 15.7. The molecule has 2 aromatic rings. The summed E-state index contributed by atoms with van der Waals surface area (Å²) in [6.07, 6.45) is -0.954. The molecule has 0 bridgehead atoms. The average molecular weight is 329 g/mol. The SMILES string of the molecule is FC(F)(F)c1cc(Nc2cc(NC3CC3)ncn2)ccc1Cl. The van der Waals surface area contributed by atoms with E-state index in [1.165, 1.54) is 18.5 Å². The van der Waals surface area contributed by atoms with Crippen molar-refractivity contribution < 1.29 is 13.2 Å². The molecule has 1 aliphatic rings. The molecule has 0 saturated heterocycles. The molecule has 1 heterocycles. The van der Waals surface area contributed by atoms with Crippen LogP contribution in [0.3, 0.4) is 0 Å². The van der Waals surface area contributed by atoms with Crippen molar-refractivity contribution in [3.63, 3.8) is 0 Å². The second-order valence-electron chi connectivity index (χ2n) is 5.02. The molecule has 22 heavy (non-hydrogen) atoms. The number of halogens is 4. The predicted molar refractivity (Wildman–Crippen MR) is 78.4 cm³/mol. The van der Waals surface area contributed by atoms with Crippen molar-refractivity contribution in [1.82, 2.24) is 9.97 Å². The van der Waals surface area contributed by atoms with Gasteiger partial charge in [-0.3, -0.25) is 0 Å². The fourth-order valence-corrected chi connectivity index (χ4v) is 2.13. The molecule has 0 unspecified atom stereocenters. The van der Waals surface area contributed by atoms with E-state index in [-0.39, 0.29) is 10.7 Å². The maximum atomic E-state index is 12.8. The van der Waals surface area contributed by atoms with Crippen molar-refractivity contribution in [3.05, 3.63) is 41.2 Å². The van der Waals surface area contributed by atoms with Crippen molar-refractivity contribution in [2.24, 2.45) is 0 Å². The van der Waals surface area contributed by atoms with Gasteiger partial charge in [0.05, 0.1) is 10.6 Å². The van der Waals surface area contributed by atoms with E-state index in [4.69, 9.17) is 11.6 Å². The molecule has 4 nitrogen and oxygen atoms in total. The summed E-state index contributed by atoms with van der Waals surface area (Å²) >= 11 is 5.59. The van der Waals surface area contributed by atoms with Crippen molar-refractivity contribution in [1.29, 1.82) is 0 Å². The summed E-state index contributed by atoms with van der Waals surface area (Å²) in [6.45, 7) is 0. The van der Waals surface area contributed by atoms with Gasteiger partial charge in [0.15, 0.2) is 0 Å². The van der Waals surface area contributed by atoms with Crippen LogP contribution in [0.25, 0.3) is 0 Å². The van der Waals surface area contributed by atoms with E-state index in [1.54, 1.807) is 6.07 Å². The predicted octanol–water partition coefficient (Wildman–Crippen LogP) is 4.47. The minimum atomic E-state index is -4.50. The van der Waals surface area contributed by atoms with Crippen molar-refractivity contribution in [3.8, 4) is 0 Å². The van der Waals surface area contributed by atoms with Gasteiger partial charge < -0.3 is 10.6 Å². The van der Waals surface area contributed by atoms with Crippen molar-refractivity contribution in [2.45, 2.75) is 25.1 Å². The second kappa shape index (κ2) is 5.64. The number of nitrogens with one attached hydrogen (secondary N) is 2. The maximum absolute atomic E-state index is 12.8. The molecule has 0 amide bonds. The van der Waals surface area contributed by atoms with Crippen LogP contribution >= 0.6 is 11.6 Å². The van der Waals surface area contributed by atoms with E-state index in [2.05, 4.69) is 20.6 Å². The van der Waals surface area contributed by atoms with Gasteiger partial charge in [-0.1, -0.05) is 11.6 Å². The van der Waals surface area contributed by atoms with Crippen LogP contribution in [0.15, 0.2) is 30.6 Å². The molecule has 116 valence electrons. The molecule has 1 fully saturated rings. The highest BCUT2D eigenvalue weighted by molar-refractivity contribution is 6.31. The Morgan fingerprint density at radius 3 is 2.50 bits per heavy atom. The zero-order valence-corrected chi connectivity index (χ0v) is 12.0. The number of hydrogen-bond donors (Lipinski definition) is 2. The topological polar surface area (TPSA) is 49.8 Å². The summed E-state index contributed by atoms with van der Waals surface area (Å²) in [4.78, 5) is 8.07. The van der Waals surface area contributed by atoms with E-state index in [9.17, 15) is 13.2 Å². The summed E-state index contributed by atoms with van der Waals surface area (Å²) in [5, 5.41) is 5.69. The second-order valence-corrected chi connectivity index (χ2v) is 5.43. The molecular weight excluding hydrogens is 317 g/mol. The standard InChI is InChI=1S/C14H12ClF3N4/c15-11-4-3-9(5-10(11)14(16,17)18)22-13-6-12(19-7-20-13)21-8-1-2-8/h3-8H,1-2H2,(H2,19,20,21,22). The zero-order valence-electron chi connectivity index (χ0n) is 11.3. The molecular formula is C14H12ClF3N4. The lowest BCUT2D eigenvalue weighted by molar-refractivity contribution is -0.137. The Labute approximate surface area is 129 Å². The molecule has 2 N–H and O–H groups in total. The van der Waals surface area contributed by atoms with Crippen molar-refractivity contribution >= 4 is 28.9 Å². The molecule has 1 aromatic heterocycles. The first-order chi connectivity index (χ1) is 10.4. The third-order valence-electron chi connectivity index (χ3n) is 3.14. The Hall–Kier alpha value is -2.02. The molecule has 0 atom stereocenters. The third-order valence-corrected chi connectivity index (χ3v) is 3.47. The first-order valence-corrected chi connectivity index (χ1v) is 7.02. The largest absolute Gasteiger partial charge is 0.417 e. The van der Waals surface area contributed by atoms with Crippen LogP contribution < -0.4 is 10.6 Å². The van der Waals surface area contributed by atoms with E-state index in [0.717, 1.165) is 18.9 Å². The lowest BCUT2D eigenvalue weighted by Crippen LogP contribution is -2.07. The van der Waals surface area contributed by atoms with E-state index < -0.39 is 11.7 Å². The fraction of sp³-hybridized carbons (Fsp3) is 0.286. The van der Waals surface area contributed by atoms with Gasteiger partial charge in [-0.05, 0) is 31.0 Å². The highest BCUT2D eigenvalue weighted by Gasteiger charge is 2.33. The Kier molecular flexibility index (Phi) is 3.82. The normalized spacial score (nSPS) is 14.7. The smallest absolute Gasteiger partial charge is 0.367 e. The van der Waals surface area contributed by atoms with Crippen LogP contribution in [0.2, 0.25) is 5.02 Å². The summed E-state index contributed by atoms with van der Waals surface area (Å²) in [6, 6.07) is 5.71. The highest BCUT2D eigenvalue weighted by Crippen LogP contribution is 2.36. The molecule has 3 rings (SSSR count). The van der Waals surface area contributed by atoms with Gasteiger partial charge in [-0.15, -0.1) is 0 Å². The number of rotatable bonds is 4. The lowest BCUT2D eigenvalue weighted by atomic mass is 10.2. The van der Waals surface area contributed by atoms with E-state index >= 15 is 0 Å². The number of aromatic nitrogens is 2. The molecule has 8 heteroatoms. The summed E-state index contributed by atoms with van der Waals surface area (Å²) in [5.41, 5.74) is -0.627. The Morgan fingerprint density at radius 1 is 1.09 bits per heavy atom. The Bertz CT molecular complexity index is 686. The highest BCUT2D eigenvalue weighted by atomic mass is 35.5. The van der Waals surface area contributed by atoms with Gasteiger partial charge in [0, 0.05) is 17.8 Å². The van der Waals surface area contributed by atoms with Crippen LogP contribution in [0.5, 0.6) is 0 Å². The Morgan fingerprint density at radius 2 is 1.82 bits per heavy atom. The number of benzene rings is 1. The quantitative estimate of drug-likeness (QED) is 0.869. The number of alkyl halides is 3. The molecule has 0 radical (unpaired) electrons. The van der Waals surface area contributed by atoms with Crippen LogP contribution in [0.1, 0.15) is 18.4 Å². The van der Waals surface area contributed by atoms with Gasteiger partial charge in [-0.25, -0.2) is 9.97 Å². The van der Waals surface area contributed by atoms with Crippen LogP contribution in [-0.2, 0) is 6.18 Å². The summed E-state index contributed by atoms with van der Waals surface area (Å²) in [7, 11) is 0. The molecule has 1 aromatic carbocycles.